The zero-order valence-corrected chi connectivity index (χ0v) is 16.5. The van der Waals surface area contributed by atoms with E-state index >= 15 is 0 Å². The van der Waals surface area contributed by atoms with Crippen LogP contribution in [0.3, 0.4) is 0 Å². The molecule has 5 unspecified atom stereocenters. The van der Waals surface area contributed by atoms with E-state index in [1.807, 2.05) is 0 Å². The minimum Gasteiger partial charge on any atom is -0.378 e. The molecule has 1 saturated heterocycles. The number of nitrogens with zero attached hydrogens (tertiary/aromatic N) is 3. The predicted octanol–water partition coefficient (Wildman–Crippen LogP) is 3.95. The maximum absolute atomic E-state index is 4.93. The topological polar surface area (TPSA) is 18.8 Å². The average Bonchev–Trinajstić information content (AvgIpc) is 3.02. The number of benzene rings is 1. The van der Waals surface area contributed by atoms with Gasteiger partial charge < -0.3 is 4.90 Å². The molecule has 0 spiro atoms. The molecule has 3 aliphatic rings. The zero-order valence-electron chi connectivity index (χ0n) is 16.5. The van der Waals surface area contributed by atoms with Crippen LogP contribution in [0.4, 0.5) is 5.69 Å². The Morgan fingerprint density at radius 3 is 2.63 bits per heavy atom. The molecule has 0 amide bonds. The lowest BCUT2D eigenvalue weighted by atomic mass is 9.81. The van der Waals surface area contributed by atoms with Gasteiger partial charge in [0.15, 0.2) is 0 Å². The van der Waals surface area contributed by atoms with E-state index in [2.05, 4.69) is 97.6 Å². The summed E-state index contributed by atoms with van der Waals surface area (Å²) >= 11 is 0. The second-order valence-electron chi connectivity index (χ2n) is 8.19. The standard InChI is InChI=1S/C24H29N3/c1-26(2)22-13-11-19(12-14-22)21-15-23-20(17-27(3)24(23)25-16-21)10-9-18-7-5-4-6-8-18/h4-7,11-14,16,18,20-21,23-24H,8,15,17H2,1-3H3. The van der Waals surface area contributed by atoms with Gasteiger partial charge in [0.2, 0.25) is 0 Å². The molecule has 1 fully saturated rings. The molecule has 0 N–H and O–H groups in total. The van der Waals surface area contributed by atoms with Gasteiger partial charge in [-0.1, -0.05) is 48.3 Å². The van der Waals surface area contributed by atoms with Crippen LogP contribution in [0, 0.1) is 29.6 Å². The minimum absolute atomic E-state index is 0.295. The zero-order chi connectivity index (χ0) is 18.8. The molecule has 140 valence electrons. The fourth-order valence-corrected chi connectivity index (χ4v) is 4.44. The SMILES string of the molecule is CN(C)c1ccc(C2C=NC3C(C2)C(C#CC2C=CC=CC2)CN3C)cc1. The Morgan fingerprint density at radius 2 is 1.93 bits per heavy atom. The van der Waals surface area contributed by atoms with Gasteiger partial charge in [-0.3, -0.25) is 9.89 Å². The van der Waals surface area contributed by atoms with Crippen molar-refractivity contribution in [2.75, 3.05) is 32.6 Å². The van der Waals surface area contributed by atoms with Crippen molar-refractivity contribution in [1.29, 1.82) is 0 Å². The molecule has 1 aliphatic carbocycles. The number of hydrogen-bond acceptors (Lipinski definition) is 3. The summed E-state index contributed by atoms with van der Waals surface area (Å²) in [5.41, 5.74) is 2.60. The van der Waals surface area contributed by atoms with E-state index in [-0.39, 0.29) is 0 Å². The monoisotopic (exact) mass is 359 g/mol. The smallest absolute Gasteiger partial charge is 0.105 e. The summed E-state index contributed by atoms with van der Waals surface area (Å²) in [5, 5.41) is 0. The molecule has 2 aliphatic heterocycles. The summed E-state index contributed by atoms with van der Waals surface area (Å²) in [6.45, 7) is 1.03. The lowest BCUT2D eigenvalue weighted by Crippen LogP contribution is -2.32. The maximum atomic E-state index is 4.93. The summed E-state index contributed by atoms with van der Waals surface area (Å²) < 4.78 is 0. The van der Waals surface area contributed by atoms with Crippen LogP contribution in [0.15, 0.2) is 53.6 Å². The fraction of sp³-hybridized carbons (Fsp3) is 0.458. The molecule has 3 nitrogen and oxygen atoms in total. The van der Waals surface area contributed by atoms with Crippen LogP contribution in [0.2, 0.25) is 0 Å². The second-order valence-corrected chi connectivity index (χ2v) is 8.19. The van der Waals surface area contributed by atoms with E-state index in [1.54, 1.807) is 0 Å². The Bertz CT molecular complexity index is 806. The summed E-state index contributed by atoms with van der Waals surface area (Å²) in [7, 11) is 6.35. The quantitative estimate of drug-likeness (QED) is 0.745. The first-order chi connectivity index (χ1) is 13.1. The van der Waals surface area contributed by atoms with Crippen LogP contribution in [0.25, 0.3) is 0 Å². The molecule has 1 aromatic carbocycles. The third-order valence-electron chi connectivity index (χ3n) is 6.05. The summed E-state index contributed by atoms with van der Waals surface area (Å²) in [6.07, 6.45) is 13.3. The Morgan fingerprint density at radius 1 is 1.11 bits per heavy atom. The van der Waals surface area contributed by atoms with E-state index in [4.69, 9.17) is 4.99 Å². The summed E-state index contributed by atoms with van der Waals surface area (Å²) in [4.78, 5) is 9.45. The Hall–Kier alpha value is -2.31. The van der Waals surface area contributed by atoms with Gasteiger partial charge in [0.05, 0.1) is 0 Å². The Kier molecular flexibility index (Phi) is 5.18. The lowest BCUT2D eigenvalue weighted by molar-refractivity contribution is 0.261. The van der Waals surface area contributed by atoms with Gasteiger partial charge in [-0.15, -0.1) is 0 Å². The second kappa shape index (κ2) is 7.74. The molecule has 0 bridgehead atoms. The van der Waals surface area contributed by atoms with Crippen LogP contribution in [-0.2, 0) is 0 Å². The Labute approximate surface area is 163 Å². The molecule has 4 rings (SSSR count). The van der Waals surface area contributed by atoms with Crippen molar-refractivity contribution in [2.24, 2.45) is 22.7 Å². The molecule has 0 saturated carbocycles. The molecular weight excluding hydrogens is 330 g/mol. The van der Waals surface area contributed by atoms with Crippen molar-refractivity contribution in [1.82, 2.24) is 4.90 Å². The number of fused-ring (bicyclic) bond motifs is 1. The van der Waals surface area contributed by atoms with Crippen molar-refractivity contribution in [3.63, 3.8) is 0 Å². The van der Waals surface area contributed by atoms with Gasteiger partial charge in [0.1, 0.15) is 6.17 Å². The van der Waals surface area contributed by atoms with E-state index in [0.29, 0.717) is 29.8 Å². The number of aliphatic imine (C=N–C) groups is 1. The van der Waals surface area contributed by atoms with Crippen molar-refractivity contribution in [3.8, 4) is 11.8 Å². The minimum atomic E-state index is 0.295. The Balaban J connectivity index is 1.50. The molecular formula is C24H29N3. The lowest BCUT2D eigenvalue weighted by Gasteiger charge is -2.30. The molecule has 1 aromatic rings. The fourth-order valence-electron chi connectivity index (χ4n) is 4.44. The van der Waals surface area contributed by atoms with Gasteiger partial charge in [-0.05, 0) is 37.6 Å². The van der Waals surface area contributed by atoms with Crippen molar-refractivity contribution < 1.29 is 0 Å². The van der Waals surface area contributed by atoms with Crippen molar-refractivity contribution in [3.05, 3.63) is 54.1 Å². The van der Waals surface area contributed by atoms with Gasteiger partial charge in [-0.25, -0.2) is 0 Å². The van der Waals surface area contributed by atoms with Crippen LogP contribution in [0.5, 0.6) is 0 Å². The highest BCUT2D eigenvalue weighted by molar-refractivity contribution is 5.69. The number of hydrogen-bond donors (Lipinski definition) is 0. The van der Waals surface area contributed by atoms with Gasteiger partial charge in [0, 0.05) is 56.2 Å². The van der Waals surface area contributed by atoms with Gasteiger partial charge in [0.25, 0.3) is 0 Å². The number of anilines is 1. The highest BCUT2D eigenvalue weighted by Gasteiger charge is 2.42. The number of rotatable bonds is 2. The third kappa shape index (κ3) is 3.87. The van der Waals surface area contributed by atoms with Gasteiger partial charge in [-0.2, -0.15) is 0 Å². The van der Waals surface area contributed by atoms with Crippen LogP contribution in [0.1, 0.15) is 24.3 Å². The van der Waals surface area contributed by atoms with Gasteiger partial charge >= 0.3 is 0 Å². The third-order valence-corrected chi connectivity index (χ3v) is 6.05. The molecule has 0 radical (unpaired) electrons. The summed E-state index contributed by atoms with van der Waals surface area (Å²) in [6, 6.07) is 8.92. The van der Waals surface area contributed by atoms with E-state index in [1.165, 1.54) is 11.3 Å². The molecule has 27 heavy (non-hydrogen) atoms. The highest BCUT2D eigenvalue weighted by atomic mass is 15.3. The van der Waals surface area contributed by atoms with Crippen molar-refractivity contribution >= 4 is 11.9 Å². The normalized spacial score (nSPS) is 32.0. The molecule has 5 atom stereocenters. The molecule has 2 heterocycles. The molecule has 3 heteroatoms. The number of likely N-dealkylation sites (tertiary alicyclic amines) is 1. The first-order valence-electron chi connectivity index (χ1n) is 9.97. The first-order valence-corrected chi connectivity index (χ1v) is 9.97. The van der Waals surface area contributed by atoms with E-state index < -0.39 is 0 Å². The predicted molar refractivity (Wildman–Crippen MR) is 114 cm³/mol. The maximum Gasteiger partial charge on any atom is 0.105 e. The summed E-state index contributed by atoms with van der Waals surface area (Å²) in [5.74, 6) is 8.85. The first kappa shape index (κ1) is 18.1. The largest absolute Gasteiger partial charge is 0.378 e. The number of allylic oxidation sites excluding steroid dienone is 4. The van der Waals surface area contributed by atoms with Crippen LogP contribution in [-0.4, -0.2) is 45.0 Å². The highest BCUT2D eigenvalue weighted by Crippen LogP contribution is 2.40. The van der Waals surface area contributed by atoms with Crippen LogP contribution < -0.4 is 4.90 Å². The average molecular weight is 360 g/mol. The van der Waals surface area contributed by atoms with Crippen LogP contribution >= 0.6 is 0 Å². The van der Waals surface area contributed by atoms with E-state index in [9.17, 15) is 0 Å². The van der Waals surface area contributed by atoms with E-state index in [0.717, 1.165) is 19.4 Å². The van der Waals surface area contributed by atoms with Crippen molar-refractivity contribution in [2.45, 2.75) is 24.9 Å². The molecule has 0 aromatic heterocycles.